The van der Waals surface area contributed by atoms with Gasteiger partial charge in [-0.3, -0.25) is 0 Å². The van der Waals surface area contributed by atoms with Crippen molar-refractivity contribution in [1.29, 1.82) is 0 Å². The Morgan fingerprint density at radius 1 is 1.45 bits per heavy atom. The molecule has 0 rings (SSSR count). The van der Waals surface area contributed by atoms with E-state index >= 15 is 0 Å². The van der Waals surface area contributed by atoms with Crippen LogP contribution in [0.5, 0.6) is 0 Å². The quantitative estimate of drug-likeness (QED) is 0.770. The molecule has 0 saturated heterocycles. The molecule has 0 atom stereocenters. The standard InChI is InChI=1S/C6H12BrNO2S/c7-3-1-5-11(9,10)6-2-4-8/h1,3H,2,4-6,8H2/b3-1+. The van der Waals surface area contributed by atoms with Crippen molar-refractivity contribution in [2.24, 2.45) is 5.73 Å². The molecule has 3 nitrogen and oxygen atoms in total. The molecule has 11 heavy (non-hydrogen) atoms. The van der Waals surface area contributed by atoms with Crippen molar-refractivity contribution in [3.8, 4) is 0 Å². The van der Waals surface area contributed by atoms with Gasteiger partial charge in [-0.25, -0.2) is 8.42 Å². The third-order valence-electron chi connectivity index (χ3n) is 1.10. The number of hydrogen-bond acceptors (Lipinski definition) is 3. The summed E-state index contributed by atoms with van der Waals surface area (Å²) in [7, 11) is -2.90. The first kappa shape index (κ1) is 11.1. The largest absolute Gasteiger partial charge is 0.330 e. The molecular formula is C6H12BrNO2S. The summed E-state index contributed by atoms with van der Waals surface area (Å²) in [6.45, 7) is 0.428. The number of halogens is 1. The van der Waals surface area contributed by atoms with Gasteiger partial charge in [0.2, 0.25) is 0 Å². The number of sulfone groups is 1. The highest BCUT2D eigenvalue weighted by Crippen LogP contribution is 1.95. The predicted molar refractivity (Wildman–Crippen MR) is 50.4 cm³/mol. The van der Waals surface area contributed by atoms with E-state index in [4.69, 9.17) is 5.73 Å². The minimum absolute atomic E-state index is 0.0955. The molecule has 0 saturated carbocycles. The van der Waals surface area contributed by atoms with E-state index in [0.29, 0.717) is 13.0 Å². The molecule has 0 spiro atoms. The van der Waals surface area contributed by atoms with Gasteiger partial charge in [-0.1, -0.05) is 22.0 Å². The first-order chi connectivity index (χ1) is 5.12. The maximum Gasteiger partial charge on any atom is 0.153 e. The van der Waals surface area contributed by atoms with Crippen molar-refractivity contribution < 1.29 is 8.42 Å². The Labute approximate surface area is 75.7 Å². The van der Waals surface area contributed by atoms with Gasteiger partial charge in [0.05, 0.1) is 11.5 Å². The van der Waals surface area contributed by atoms with E-state index in [9.17, 15) is 8.42 Å². The summed E-state index contributed by atoms with van der Waals surface area (Å²) < 4.78 is 22.0. The summed E-state index contributed by atoms with van der Waals surface area (Å²) in [6, 6.07) is 0. The van der Waals surface area contributed by atoms with Crippen molar-refractivity contribution in [2.45, 2.75) is 6.42 Å². The second-order valence-electron chi connectivity index (χ2n) is 2.12. The Balaban J connectivity index is 3.82. The van der Waals surface area contributed by atoms with Crippen LogP contribution in [0.25, 0.3) is 0 Å². The zero-order valence-corrected chi connectivity index (χ0v) is 8.57. The maximum atomic E-state index is 11.0. The summed E-state index contributed by atoms with van der Waals surface area (Å²) in [4.78, 5) is 1.55. The van der Waals surface area contributed by atoms with Crippen LogP contribution in [-0.4, -0.2) is 26.5 Å². The Morgan fingerprint density at radius 3 is 2.55 bits per heavy atom. The molecule has 0 aromatic heterocycles. The summed E-state index contributed by atoms with van der Waals surface area (Å²) >= 11 is 3.00. The minimum Gasteiger partial charge on any atom is -0.330 e. The zero-order chi connectivity index (χ0) is 8.74. The molecule has 0 bridgehead atoms. The fourth-order valence-electron chi connectivity index (χ4n) is 0.570. The normalized spacial score (nSPS) is 12.5. The van der Waals surface area contributed by atoms with Gasteiger partial charge >= 0.3 is 0 Å². The lowest BCUT2D eigenvalue weighted by molar-refractivity contribution is 0.596. The number of nitrogens with two attached hydrogens (primary N) is 1. The first-order valence-corrected chi connectivity index (χ1v) is 6.02. The predicted octanol–water partition coefficient (Wildman–Crippen LogP) is 0.659. The lowest BCUT2D eigenvalue weighted by Crippen LogP contribution is -2.13. The molecule has 0 aromatic carbocycles. The zero-order valence-electron chi connectivity index (χ0n) is 6.16. The van der Waals surface area contributed by atoms with Crippen LogP contribution in [0.1, 0.15) is 6.42 Å². The van der Waals surface area contributed by atoms with Crippen molar-refractivity contribution in [1.82, 2.24) is 0 Å². The van der Waals surface area contributed by atoms with E-state index in [1.807, 2.05) is 0 Å². The highest BCUT2D eigenvalue weighted by atomic mass is 79.9. The molecule has 5 heteroatoms. The molecule has 0 unspecified atom stereocenters. The molecule has 0 aliphatic carbocycles. The van der Waals surface area contributed by atoms with E-state index in [0.717, 1.165) is 0 Å². The Bertz CT molecular complexity index is 211. The van der Waals surface area contributed by atoms with Crippen LogP contribution in [0.15, 0.2) is 11.1 Å². The van der Waals surface area contributed by atoms with Crippen LogP contribution in [-0.2, 0) is 9.84 Å². The Hall–Kier alpha value is 0.130. The summed E-state index contributed by atoms with van der Waals surface area (Å²) in [5.74, 6) is 0.277. The lowest BCUT2D eigenvalue weighted by Gasteiger charge is -1.97. The van der Waals surface area contributed by atoms with Gasteiger partial charge in [-0.15, -0.1) is 0 Å². The van der Waals surface area contributed by atoms with Gasteiger partial charge in [0.25, 0.3) is 0 Å². The van der Waals surface area contributed by atoms with E-state index in [1.54, 1.807) is 11.1 Å². The van der Waals surface area contributed by atoms with Crippen LogP contribution in [0, 0.1) is 0 Å². The van der Waals surface area contributed by atoms with Crippen LogP contribution in [0.2, 0.25) is 0 Å². The van der Waals surface area contributed by atoms with Crippen LogP contribution in [0.4, 0.5) is 0 Å². The van der Waals surface area contributed by atoms with Crippen molar-refractivity contribution in [3.05, 3.63) is 11.1 Å². The van der Waals surface area contributed by atoms with Gasteiger partial charge in [-0.2, -0.15) is 0 Å². The maximum absolute atomic E-state index is 11.0. The fraction of sp³-hybridized carbons (Fsp3) is 0.667. The van der Waals surface area contributed by atoms with Gasteiger partial charge in [0.1, 0.15) is 0 Å². The van der Waals surface area contributed by atoms with E-state index in [2.05, 4.69) is 15.9 Å². The Kier molecular flexibility index (Phi) is 5.81. The smallest absolute Gasteiger partial charge is 0.153 e. The van der Waals surface area contributed by atoms with E-state index in [-0.39, 0.29) is 11.5 Å². The molecular weight excluding hydrogens is 230 g/mol. The molecule has 0 amide bonds. The lowest BCUT2D eigenvalue weighted by atomic mass is 10.5. The average Bonchev–Trinajstić information content (AvgIpc) is 1.97. The third kappa shape index (κ3) is 6.52. The second-order valence-corrected chi connectivity index (χ2v) is 4.88. The van der Waals surface area contributed by atoms with Gasteiger partial charge in [0, 0.05) is 0 Å². The third-order valence-corrected chi connectivity index (χ3v) is 3.08. The molecule has 0 aliphatic heterocycles. The summed E-state index contributed by atoms with van der Waals surface area (Å²) in [5.41, 5.74) is 5.17. The fourth-order valence-corrected chi connectivity index (χ4v) is 2.17. The highest BCUT2D eigenvalue weighted by molar-refractivity contribution is 9.11. The van der Waals surface area contributed by atoms with E-state index < -0.39 is 9.84 Å². The van der Waals surface area contributed by atoms with E-state index in [1.165, 1.54) is 0 Å². The van der Waals surface area contributed by atoms with Crippen molar-refractivity contribution in [2.75, 3.05) is 18.1 Å². The van der Waals surface area contributed by atoms with Crippen LogP contribution in [0.3, 0.4) is 0 Å². The Morgan fingerprint density at radius 2 is 2.09 bits per heavy atom. The molecule has 66 valence electrons. The number of hydrogen-bond donors (Lipinski definition) is 1. The highest BCUT2D eigenvalue weighted by Gasteiger charge is 2.06. The SMILES string of the molecule is NCCCS(=O)(=O)C/C=C/Br. The molecule has 0 fully saturated rings. The first-order valence-electron chi connectivity index (χ1n) is 3.28. The number of rotatable bonds is 5. The average molecular weight is 242 g/mol. The minimum atomic E-state index is -2.90. The van der Waals surface area contributed by atoms with Gasteiger partial charge in [0.15, 0.2) is 9.84 Å². The molecule has 0 heterocycles. The topological polar surface area (TPSA) is 60.2 Å². The van der Waals surface area contributed by atoms with Crippen LogP contribution >= 0.6 is 15.9 Å². The van der Waals surface area contributed by atoms with Crippen molar-refractivity contribution >= 4 is 25.8 Å². The van der Waals surface area contributed by atoms with Gasteiger partial charge < -0.3 is 5.73 Å². The van der Waals surface area contributed by atoms with Crippen molar-refractivity contribution in [3.63, 3.8) is 0 Å². The second kappa shape index (κ2) is 5.74. The van der Waals surface area contributed by atoms with Gasteiger partial charge in [-0.05, 0) is 18.0 Å². The monoisotopic (exact) mass is 241 g/mol. The summed E-state index contributed by atoms with van der Waals surface area (Å²) in [6.07, 6.45) is 2.10. The molecule has 0 aliphatic rings. The van der Waals surface area contributed by atoms with Crippen LogP contribution < -0.4 is 5.73 Å². The molecule has 0 aromatic rings. The molecule has 0 radical (unpaired) electrons. The summed E-state index contributed by atoms with van der Waals surface area (Å²) in [5, 5.41) is 0. The molecule has 2 N–H and O–H groups in total.